The van der Waals surface area contributed by atoms with Gasteiger partial charge in [0.05, 0.1) is 31.3 Å². The third-order valence-corrected chi connectivity index (χ3v) is 6.75. The number of carbonyl (C=O) groups is 2. The van der Waals surface area contributed by atoms with Gasteiger partial charge in [0, 0.05) is 13.1 Å². The number of ether oxygens (including phenoxy) is 2. The summed E-state index contributed by atoms with van der Waals surface area (Å²) in [6, 6.07) is 12.1. The first-order valence-corrected chi connectivity index (χ1v) is 11.4. The van der Waals surface area contributed by atoms with Crippen molar-refractivity contribution in [2.75, 3.05) is 42.7 Å². The highest BCUT2D eigenvalue weighted by molar-refractivity contribution is 7.93. The minimum Gasteiger partial charge on any atom is -0.497 e. The maximum absolute atomic E-state index is 12.3. The smallest absolute Gasteiger partial charge is 0.313 e. The second-order valence-electron chi connectivity index (χ2n) is 6.93. The molecule has 2 aromatic rings. The molecule has 0 aliphatic carbocycles. The normalized spacial score (nSPS) is 14.7. The summed E-state index contributed by atoms with van der Waals surface area (Å²) in [5, 5.41) is 5.07. The fraction of sp³-hybridized carbons (Fsp3) is 0.333. The molecule has 0 spiro atoms. The molecule has 0 bridgehead atoms. The number of carbonyl (C=O) groups excluding carboxylic acids is 2. The van der Waals surface area contributed by atoms with E-state index in [0.717, 1.165) is 11.3 Å². The Labute approximate surface area is 181 Å². The van der Waals surface area contributed by atoms with E-state index in [1.165, 1.54) is 17.5 Å². The van der Waals surface area contributed by atoms with E-state index in [-0.39, 0.29) is 18.0 Å². The first-order chi connectivity index (χ1) is 14.8. The number of amides is 2. The van der Waals surface area contributed by atoms with Gasteiger partial charge in [-0.3, -0.25) is 13.9 Å². The van der Waals surface area contributed by atoms with Gasteiger partial charge in [0.15, 0.2) is 0 Å². The van der Waals surface area contributed by atoms with E-state index in [1.54, 1.807) is 19.2 Å². The van der Waals surface area contributed by atoms with Crippen molar-refractivity contribution in [2.24, 2.45) is 0 Å². The predicted molar refractivity (Wildman–Crippen MR) is 117 cm³/mol. The van der Waals surface area contributed by atoms with Crippen molar-refractivity contribution < 1.29 is 27.5 Å². The Morgan fingerprint density at radius 2 is 1.77 bits per heavy atom. The van der Waals surface area contributed by atoms with Gasteiger partial charge in [-0.05, 0) is 48.7 Å². The summed E-state index contributed by atoms with van der Waals surface area (Å²) in [5.74, 6) is -0.522. The first-order valence-electron chi connectivity index (χ1n) is 9.74. The number of benzene rings is 2. The second-order valence-corrected chi connectivity index (χ2v) is 8.95. The molecule has 1 heterocycles. The van der Waals surface area contributed by atoms with Gasteiger partial charge in [0.25, 0.3) is 0 Å². The van der Waals surface area contributed by atoms with Crippen molar-refractivity contribution >= 4 is 33.2 Å². The summed E-state index contributed by atoms with van der Waals surface area (Å²) >= 11 is 0. The number of nitrogens with one attached hydrogen (secondary N) is 2. The Balaban J connectivity index is 1.61. The lowest BCUT2D eigenvalue weighted by Gasteiger charge is -2.19. The van der Waals surface area contributed by atoms with Gasteiger partial charge in [-0.2, -0.15) is 0 Å². The molecule has 0 unspecified atom stereocenters. The molecule has 31 heavy (non-hydrogen) atoms. The Morgan fingerprint density at radius 1 is 1.03 bits per heavy atom. The third kappa shape index (κ3) is 5.46. The Hall–Kier alpha value is -3.27. The molecule has 166 valence electrons. The molecule has 2 amide bonds. The van der Waals surface area contributed by atoms with Crippen LogP contribution < -0.4 is 24.4 Å². The van der Waals surface area contributed by atoms with E-state index in [2.05, 4.69) is 10.6 Å². The SMILES string of the molecule is COc1ccc(CCNC(=O)C(=O)Nc2cc(N3CCCS3(=O)=O)ccc2OC)cc1. The van der Waals surface area contributed by atoms with Crippen LogP contribution in [0, 0.1) is 0 Å². The summed E-state index contributed by atoms with van der Waals surface area (Å²) in [6.45, 7) is 0.648. The molecule has 1 aliphatic rings. The minimum absolute atomic E-state index is 0.0807. The van der Waals surface area contributed by atoms with Crippen LogP contribution in [0.4, 0.5) is 11.4 Å². The fourth-order valence-electron chi connectivity index (χ4n) is 3.25. The van der Waals surface area contributed by atoms with Gasteiger partial charge >= 0.3 is 11.8 Å². The summed E-state index contributed by atoms with van der Waals surface area (Å²) in [4.78, 5) is 24.5. The maximum atomic E-state index is 12.3. The fourth-order valence-corrected chi connectivity index (χ4v) is 4.81. The van der Waals surface area contributed by atoms with Crippen molar-refractivity contribution in [1.29, 1.82) is 0 Å². The molecule has 9 nitrogen and oxygen atoms in total. The standard InChI is InChI=1S/C21H25N3O6S/c1-29-17-7-4-15(5-8-17)10-11-22-20(25)21(26)23-18-14-16(6-9-19(18)30-2)24-12-3-13-31(24,27)28/h4-9,14H,3,10-13H2,1-2H3,(H,22,25)(H,23,26). The molecular formula is C21H25N3O6S. The number of hydrogen-bond acceptors (Lipinski definition) is 6. The lowest BCUT2D eigenvalue weighted by molar-refractivity contribution is -0.136. The topological polar surface area (TPSA) is 114 Å². The zero-order chi connectivity index (χ0) is 22.4. The quantitative estimate of drug-likeness (QED) is 0.623. The van der Waals surface area contributed by atoms with Crippen LogP contribution in [0.5, 0.6) is 11.5 Å². The molecule has 2 N–H and O–H groups in total. The number of methoxy groups -OCH3 is 2. The maximum Gasteiger partial charge on any atom is 0.313 e. The summed E-state index contributed by atoms with van der Waals surface area (Å²) < 4.78 is 36.0. The van der Waals surface area contributed by atoms with Crippen molar-refractivity contribution in [3.8, 4) is 11.5 Å². The van der Waals surface area contributed by atoms with Gasteiger partial charge in [-0.1, -0.05) is 12.1 Å². The molecule has 1 aliphatic heterocycles. The average Bonchev–Trinajstić information content (AvgIpc) is 3.13. The van der Waals surface area contributed by atoms with E-state index in [0.29, 0.717) is 30.8 Å². The number of rotatable bonds is 7. The van der Waals surface area contributed by atoms with Crippen LogP contribution in [0.1, 0.15) is 12.0 Å². The summed E-state index contributed by atoms with van der Waals surface area (Å²) in [5.41, 5.74) is 1.62. The number of sulfonamides is 1. The van der Waals surface area contributed by atoms with Crippen LogP contribution in [-0.4, -0.2) is 53.3 Å². The zero-order valence-electron chi connectivity index (χ0n) is 17.4. The molecule has 1 saturated heterocycles. The van der Waals surface area contributed by atoms with Crippen molar-refractivity contribution in [1.82, 2.24) is 5.32 Å². The van der Waals surface area contributed by atoms with Crippen LogP contribution in [-0.2, 0) is 26.0 Å². The number of hydrogen-bond donors (Lipinski definition) is 2. The van der Waals surface area contributed by atoms with Gasteiger partial charge in [0.1, 0.15) is 11.5 Å². The van der Waals surface area contributed by atoms with Gasteiger partial charge < -0.3 is 20.1 Å². The highest BCUT2D eigenvalue weighted by Gasteiger charge is 2.29. The Kier molecular flexibility index (Phi) is 7.01. The molecule has 10 heteroatoms. The first kappa shape index (κ1) is 22.4. The molecule has 1 fully saturated rings. The van der Waals surface area contributed by atoms with E-state index in [4.69, 9.17) is 9.47 Å². The molecule has 0 saturated carbocycles. The van der Waals surface area contributed by atoms with E-state index in [9.17, 15) is 18.0 Å². The third-order valence-electron chi connectivity index (χ3n) is 4.88. The Bertz CT molecular complexity index is 1050. The lowest BCUT2D eigenvalue weighted by Crippen LogP contribution is -2.36. The zero-order valence-corrected chi connectivity index (χ0v) is 18.2. The number of anilines is 2. The van der Waals surface area contributed by atoms with E-state index in [1.807, 2.05) is 24.3 Å². The van der Waals surface area contributed by atoms with Crippen LogP contribution in [0.15, 0.2) is 42.5 Å². The molecule has 0 atom stereocenters. The van der Waals surface area contributed by atoms with Gasteiger partial charge in [0.2, 0.25) is 10.0 Å². The van der Waals surface area contributed by atoms with Gasteiger partial charge in [-0.25, -0.2) is 8.42 Å². The van der Waals surface area contributed by atoms with Crippen molar-refractivity contribution in [3.05, 3.63) is 48.0 Å². The molecular weight excluding hydrogens is 422 g/mol. The highest BCUT2D eigenvalue weighted by atomic mass is 32.2. The summed E-state index contributed by atoms with van der Waals surface area (Å²) in [7, 11) is -0.363. The van der Waals surface area contributed by atoms with Crippen LogP contribution in [0.2, 0.25) is 0 Å². The average molecular weight is 448 g/mol. The largest absolute Gasteiger partial charge is 0.497 e. The van der Waals surface area contributed by atoms with E-state index >= 15 is 0 Å². The van der Waals surface area contributed by atoms with Crippen molar-refractivity contribution in [2.45, 2.75) is 12.8 Å². The van der Waals surface area contributed by atoms with Gasteiger partial charge in [-0.15, -0.1) is 0 Å². The highest BCUT2D eigenvalue weighted by Crippen LogP contribution is 2.32. The minimum atomic E-state index is -3.37. The van der Waals surface area contributed by atoms with Crippen molar-refractivity contribution in [3.63, 3.8) is 0 Å². The van der Waals surface area contributed by atoms with Crippen LogP contribution >= 0.6 is 0 Å². The summed E-state index contributed by atoms with van der Waals surface area (Å²) in [6.07, 6.45) is 1.08. The second kappa shape index (κ2) is 9.69. The predicted octanol–water partition coefficient (Wildman–Crippen LogP) is 1.54. The number of nitrogens with zero attached hydrogens (tertiary/aromatic N) is 1. The Morgan fingerprint density at radius 3 is 2.39 bits per heavy atom. The van der Waals surface area contributed by atoms with Crippen LogP contribution in [0.25, 0.3) is 0 Å². The molecule has 0 aromatic heterocycles. The lowest BCUT2D eigenvalue weighted by atomic mass is 10.1. The molecule has 2 aromatic carbocycles. The van der Waals surface area contributed by atoms with Crippen LogP contribution in [0.3, 0.4) is 0 Å². The van der Waals surface area contributed by atoms with E-state index < -0.39 is 21.8 Å². The monoisotopic (exact) mass is 447 g/mol. The molecule has 0 radical (unpaired) electrons. The molecule has 3 rings (SSSR count).